The number of H-pyrrole nitrogens is 1. The van der Waals surface area contributed by atoms with E-state index in [9.17, 15) is 9.59 Å². The van der Waals surface area contributed by atoms with Crippen LogP contribution in [0.25, 0.3) is 16.9 Å². The van der Waals surface area contributed by atoms with Gasteiger partial charge < -0.3 is 9.88 Å². The van der Waals surface area contributed by atoms with Gasteiger partial charge in [0.05, 0.1) is 12.1 Å². The van der Waals surface area contributed by atoms with E-state index in [2.05, 4.69) is 26.2 Å². The molecule has 1 amide bonds. The standard InChI is InChI=1S/C23H24N6O2/c1-14-18(15(2)29-21(24-14)12-23(31)27-29)11-22(30)25-17-7-5-6-16(10-17)19-13-28-9-4-3-8-20(28)26-19/h5-7,10,12-13H,3-4,8-9,11H2,1-2H3,(H,25,30)(H,27,31). The van der Waals surface area contributed by atoms with Gasteiger partial charge >= 0.3 is 0 Å². The molecule has 158 valence electrons. The van der Waals surface area contributed by atoms with Crippen LogP contribution in [-0.4, -0.2) is 30.1 Å². The minimum Gasteiger partial charge on any atom is -0.334 e. The number of fused-ring (bicyclic) bond motifs is 2. The molecule has 4 heterocycles. The van der Waals surface area contributed by atoms with Crippen molar-refractivity contribution >= 4 is 17.2 Å². The largest absolute Gasteiger partial charge is 0.334 e. The van der Waals surface area contributed by atoms with Gasteiger partial charge in [0.25, 0.3) is 5.56 Å². The zero-order valence-corrected chi connectivity index (χ0v) is 17.6. The molecule has 0 fully saturated rings. The zero-order chi connectivity index (χ0) is 21.5. The highest BCUT2D eigenvalue weighted by Gasteiger charge is 2.16. The van der Waals surface area contributed by atoms with Gasteiger partial charge in [-0.15, -0.1) is 0 Å². The smallest absolute Gasteiger partial charge is 0.266 e. The fraction of sp³-hybridized carbons (Fsp3) is 0.304. The Balaban J connectivity index is 1.37. The second kappa shape index (κ2) is 7.54. The van der Waals surface area contributed by atoms with Gasteiger partial charge in [-0.2, -0.15) is 0 Å². The van der Waals surface area contributed by atoms with E-state index in [0.29, 0.717) is 5.65 Å². The number of anilines is 1. The summed E-state index contributed by atoms with van der Waals surface area (Å²) in [5.41, 5.74) is 5.34. The number of imidazole rings is 1. The summed E-state index contributed by atoms with van der Waals surface area (Å²) in [6, 6.07) is 9.22. The average Bonchev–Trinajstić information content (AvgIpc) is 3.34. The number of nitrogens with zero attached hydrogens (tertiary/aromatic N) is 4. The molecule has 31 heavy (non-hydrogen) atoms. The average molecular weight is 416 g/mol. The number of nitrogens with one attached hydrogen (secondary N) is 2. The van der Waals surface area contributed by atoms with Crippen molar-refractivity contribution in [3.63, 3.8) is 0 Å². The van der Waals surface area contributed by atoms with Crippen molar-refractivity contribution in [1.29, 1.82) is 0 Å². The minimum absolute atomic E-state index is 0.136. The Bertz CT molecular complexity index is 1340. The molecule has 0 bridgehead atoms. The van der Waals surface area contributed by atoms with E-state index in [1.54, 1.807) is 4.52 Å². The molecule has 0 unspecified atom stereocenters. The summed E-state index contributed by atoms with van der Waals surface area (Å²) >= 11 is 0. The Morgan fingerprint density at radius 3 is 2.90 bits per heavy atom. The number of carbonyl (C=O) groups excluding carboxylic acids is 1. The van der Waals surface area contributed by atoms with E-state index in [-0.39, 0.29) is 17.9 Å². The van der Waals surface area contributed by atoms with E-state index < -0.39 is 0 Å². The molecule has 0 atom stereocenters. The molecule has 0 aliphatic carbocycles. The lowest BCUT2D eigenvalue weighted by molar-refractivity contribution is -0.115. The third-order valence-corrected chi connectivity index (χ3v) is 5.89. The van der Waals surface area contributed by atoms with Gasteiger partial charge in [0.15, 0.2) is 5.65 Å². The summed E-state index contributed by atoms with van der Waals surface area (Å²) in [6.07, 6.45) is 5.66. The summed E-state index contributed by atoms with van der Waals surface area (Å²) in [5.74, 6) is 0.996. The first-order valence-corrected chi connectivity index (χ1v) is 10.5. The Morgan fingerprint density at radius 2 is 2.06 bits per heavy atom. The molecule has 1 aromatic carbocycles. The maximum absolute atomic E-state index is 12.8. The number of hydrogen-bond donors (Lipinski definition) is 2. The van der Waals surface area contributed by atoms with E-state index in [0.717, 1.165) is 52.7 Å². The van der Waals surface area contributed by atoms with Crippen molar-refractivity contribution in [3.05, 3.63) is 69.7 Å². The number of hydrogen-bond acceptors (Lipinski definition) is 4. The summed E-state index contributed by atoms with van der Waals surface area (Å²) in [4.78, 5) is 33.7. The molecule has 0 spiro atoms. The predicted molar refractivity (Wildman–Crippen MR) is 118 cm³/mol. The van der Waals surface area contributed by atoms with Gasteiger partial charge in [-0.1, -0.05) is 12.1 Å². The molecule has 0 saturated carbocycles. The predicted octanol–water partition coefficient (Wildman–Crippen LogP) is 3.02. The second-order valence-electron chi connectivity index (χ2n) is 8.07. The summed E-state index contributed by atoms with van der Waals surface area (Å²) < 4.78 is 3.85. The molecule has 8 nitrogen and oxygen atoms in total. The molecule has 8 heteroatoms. The Hall–Kier alpha value is -3.68. The van der Waals surface area contributed by atoms with Crippen molar-refractivity contribution in [2.24, 2.45) is 0 Å². The Morgan fingerprint density at radius 1 is 1.19 bits per heavy atom. The lowest BCUT2D eigenvalue weighted by Gasteiger charge is -2.12. The molecule has 4 aromatic rings. The van der Waals surface area contributed by atoms with Crippen LogP contribution in [0, 0.1) is 13.8 Å². The molecule has 0 saturated heterocycles. The van der Waals surface area contributed by atoms with Crippen molar-refractivity contribution in [3.8, 4) is 11.3 Å². The molecular weight excluding hydrogens is 392 g/mol. The molecule has 1 aliphatic heterocycles. The lowest BCUT2D eigenvalue weighted by Crippen LogP contribution is -2.18. The summed E-state index contributed by atoms with van der Waals surface area (Å²) in [6.45, 7) is 4.75. The van der Waals surface area contributed by atoms with Gasteiger partial charge in [0.1, 0.15) is 5.82 Å². The van der Waals surface area contributed by atoms with Crippen LogP contribution in [0.1, 0.15) is 35.6 Å². The SMILES string of the molecule is Cc1nc2cc(=O)[nH]n2c(C)c1CC(=O)Nc1cccc(-c2cn3c(n2)CCCC3)c1. The summed E-state index contributed by atoms with van der Waals surface area (Å²) in [7, 11) is 0. The van der Waals surface area contributed by atoms with Crippen LogP contribution in [-0.2, 0) is 24.2 Å². The van der Waals surface area contributed by atoms with E-state index in [4.69, 9.17) is 4.98 Å². The fourth-order valence-corrected chi connectivity index (χ4v) is 4.29. The molecular formula is C23H24N6O2. The number of amides is 1. The minimum atomic E-state index is -0.214. The summed E-state index contributed by atoms with van der Waals surface area (Å²) in [5, 5.41) is 5.71. The van der Waals surface area contributed by atoms with Gasteiger partial charge in [-0.05, 0) is 38.8 Å². The van der Waals surface area contributed by atoms with E-state index in [1.165, 1.54) is 18.9 Å². The second-order valence-corrected chi connectivity index (χ2v) is 8.07. The quantitative estimate of drug-likeness (QED) is 0.534. The number of carbonyl (C=O) groups is 1. The van der Waals surface area contributed by atoms with Crippen molar-refractivity contribution in [2.45, 2.75) is 46.1 Å². The topological polar surface area (TPSA) is 97.1 Å². The number of rotatable bonds is 4. The maximum atomic E-state index is 12.8. The molecule has 2 N–H and O–H groups in total. The highest BCUT2D eigenvalue weighted by molar-refractivity contribution is 5.93. The van der Waals surface area contributed by atoms with Crippen LogP contribution in [0.3, 0.4) is 0 Å². The van der Waals surface area contributed by atoms with Crippen molar-refractivity contribution in [1.82, 2.24) is 24.1 Å². The van der Waals surface area contributed by atoms with E-state index >= 15 is 0 Å². The van der Waals surface area contributed by atoms with Gasteiger partial charge in [0, 0.05) is 53.4 Å². The maximum Gasteiger partial charge on any atom is 0.266 e. The van der Waals surface area contributed by atoms with Crippen LogP contribution in [0.2, 0.25) is 0 Å². The van der Waals surface area contributed by atoms with Gasteiger partial charge in [-0.25, -0.2) is 14.5 Å². The van der Waals surface area contributed by atoms with Crippen LogP contribution >= 0.6 is 0 Å². The highest BCUT2D eigenvalue weighted by atomic mass is 16.1. The highest BCUT2D eigenvalue weighted by Crippen LogP contribution is 2.25. The lowest BCUT2D eigenvalue weighted by atomic mass is 10.1. The molecule has 3 aromatic heterocycles. The van der Waals surface area contributed by atoms with Crippen molar-refractivity contribution < 1.29 is 4.79 Å². The first-order chi connectivity index (χ1) is 15.0. The van der Waals surface area contributed by atoms with Gasteiger partial charge in [0.2, 0.25) is 5.91 Å². The number of benzene rings is 1. The van der Waals surface area contributed by atoms with Crippen molar-refractivity contribution in [2.75, 3.05) is 5.32 Å². The van der Waals surface area contributed by atoms with Crippen LogP contribution in [0.5, 0.6) is 0 Å². The zero-order valence-electron chi connectivity index (χ0n) is 17.6. The molecule has 1 aliphatic rings. The van der Waals surface area contributed by atoms with Crippen LogP contribution in [0.15, 0.2) is 41.3 Å². The van der Waals surface area contributed by atoms with Crippen LogP contribution < -0.4 is 10.9 Å². The number of aromatic amines is 1. The Labute approximate surface area is 178 Å². The number of aryl methyl sites for hydroxylation is 4. The number of aromatic nitrogens is 5. The normalized spacial score (nSPS) is 13.4. The van der Waals surface area contributed by atoms with Gasteiger partial charge in [-0.3, -0.25) is 14.7 Å². The Kier molecular flexibility index (Phi) is 4.69. The van der Waals surface area contributed by atoms with Crippen LogP contribution in [0.4, 0.5) is 5.69 Å². The first kappa shape index (κ1) is 19.3. The first-order valence-electron chi connectivity index (χ1n) is 10.5. The fourth-order valence-electron chi connectivity index (χ4n) is 4.29. The monoisotopic (exact) mass is 416 g/mol. The van der Waals surface area contributed by atoms with E-state index in [1.807, 2.05) is 38.1 Å². The third-order valence-electron chi connectivity index (χ3n) is 5.89. The molecule has 5 rings (SSSR count). The molecule has 0 radical (unpaired) electrons. The third kappa shape index (κ3) is 3.65.